The minimum Gasteiger partial charge on any atom is -0.493 e. The van der Waals surface area contributed by atoms with E-state index in [9.17, 15) is 9.59 Å². The highest BCUT2D eigenvalue weighted by Gasteiger charge is 2.33. The van der Waals surface area contributed by atoms with Crippen LogP contribution in [-0.4, -0.2) is 41.6 Å². The van der Waals surface area contributed by atoms with Gasteiger partial charge in [0, 0.05) is 25.9 Å². The summed E-state index contributed by atoms with van der Waals surface area (Å²) in [5.74, 6) is -0.730. The topological polar surface area (TPSA) is 66.8 Å². The van der Waals surface area contributed by atoms with E-state index in [0.717, 1.165) is 17.7 Å². The molecular weight excluding hydrogens is 330 g/mol. The van der Waals surface area contributed by atoms with Gasteiger partial charge in [-0.2, -0.15) is 0 Å². The van der Waals surface area contributed by atoms with Gasteiger partial charge in [0.05, 0.1) is 12.5 Å². The molecule has 1 aliphatic heterocycles. The first-order valence-electron chi connectivity index (χ1n) is 8.88. The van der Waals surface area contributed by atoms with E-state index in [2.05, 4.69) is 12.1 Å². The van der Waals surface area contributed by atoms with Crippen LogP contribution in [0.5, 0.6) is 5.75 Å². The first-order valence-corrected chi connectivity index (χ1v) is 8.88. The minimum atomic E-state index is -0.894. The Bertz CT molecular complexity index is 760. The highest BCUT2D eigenvalue weighted by molar-refractivity contribution is 5.86. The first-order chi connectivity index (χ1) is 12.6. The quantitative estimate of drug-likeness (QED) is 0.792. The zero-order chi connectivity index (χ0) is 18.4. The highest BCUT2D eigenvalue weighted by Crippen LogP contribution is 2.19. The Kier molecular flexibility index (Phi) is 5.89. The zero-order valence-corrected chi connectivity index (χ0v) is 14.6. The fourth-order valence-electron chi connectivity index (χ4n) is 3.14. The summed E-state index contributed by atoms with van der Waals surface area (Å²) >= 11 is 0. The fraction of sp³-hybridized carbons (Fsp3) is 0.333. The molecule has 0 saturated carbocycles. The van der Waals surface area contributed by atoms with Crippen molar-refractivity contribution in [3.05, 3.63) is 65.7 Å². The number of likely N-dealkylation sites (tertiary alicyclic amines) is 1. The van der Waals surface area contributed by atoms with E-state index in [1.807, 2.05) is 42.5 Å². The molecule has 0 aliphatic carbocycles. The average molecular weight is 353 g/mol. The van der Waals surface area contributed by atoms with Gasteiger partial charge < -0.3 is 14.7 Å². The van der Waals surface area contributed by atoms with Crippen LogP contribution in [0.1, 0.15) is 17.5 Å². The van der Waals surface area contributed by atoms with E-state index in [0.29, 0.717) is 26.1 Å². The van der Waals surface area contributed by atoms with Crippen molar-refractivity contribution in [2.24, 2.45) is 5.92 Å². The van der Waals surface area contributed by atoms with Crippen LogP contribution in [0, 0.1) is 5.92 Å². The van der Waals surface area contributed by atoms with Gasteiger partial charge in [-0.15, -0.1) is 0 Å². The normalized spacial score (nSPS) is 16.7. The summed E-state index contributed by atoms with van der Waals surface area (Å²) in [6.45, 7) is 1.45. The molecule has 2 aromatic carbocycles. The molecular formula is C21H23NO4. The number of hydrogen-bond acceptors (Lipinski definition) is 3. The number of ether oxygens (including phenoxy) is 1. The summed E-state index contributed by atoms with van der Waals surface area (Å²) < 4.78 is 5.83. The van der Waals surface area contributed by atoms with Crippen LogP contribution in [0.15, 0.2) is 54.6 Å². The van der Waals surface area contributed by atoms with Crippen molar-refractivity contribution < 1.29 is 19.4 Å². The van der Waals surface area contributed by atoms with Crippen LogP contribution in [0.3, 0.4) is 0 Å². The van der Waals surface area contributed by atoms with Gasteiger partial charge in [0.1, 0.15) is 5.75 Å². The SMILES string of the molecule is O=C(O)C1CC(=O)N(CCc2cccc(OCCc3ccccc3)c2)C1. The summed E-state index contributed by atoms with van der Waals surface area (Å²) in [6.07, 6.45) is 1.65. The molecule has 0 spiro atoms. The van der Waals surface area contributed by atoms with Crippen molar-refractivity contribution in [2.45, 2.75) is 19.3 Å². The third kappa shape index (κ3) is 4.85. The van der Waals surface area contributed by atoms with Gasteiger partial charge in [-0.1, -0.05) is 42.5 Å². The molecule has 1 fully saturated rings. The van der Waals surface area contributed by atoms with Gasteiger partial charge >= 0.3 is 5.97 Å². The van der Waals surface area contributed by atoms with Gasteiger partial charge in [-0.3, -0.25) is 9.59 Å². The van der Waals surface area contributed by atoms with E-state index in [4.69, 9.17) is 9.84 Å². The molecule has 1 aliphatic rings. The average Bonchev–Trinajstić information content (AvgIpc) is 3.02. The van der Waals surface area contributed by atoms with Crippen molar-refractivity contribution >= 4 is 11.9 Å². The van der Waals surface area contributed by atoms with Crippen molar-refractivity contribution in [3.63, 3.8) is 0 Å². The number of carboxylic acids is 1. The number of carboxylic acid groups (broad SMARTS) is 1. The van der Waals surface area contributed by atoms with Crippen molar-refractivity contribution in [3.8, 4) is 5.75 Å². The molecule has 2 aromatic rings. The second-order valence-electron chi connectivity index (χ2n) is 6.56. The summed E-state index contributed by atoms with van der Waals surface area (Å²) in [5, 5.41) is 9.04. The predicted molar refractivity (Wildman–Crippen MR) is 98.1 cm³/mol. The lowest BCUT2D eigenvalue weighted by atomic mass is 10.1. The van der Waals surface area contributed by atoms with Crippen molar-refractivity contribution in [2.75, 3.05) is 19.7 Å². The number of aliphatic carboxylic acids is 1. The number of amides is 1. The van der Waals surface area contributed by atoms with E-state index in [1.54, 1.807) is 4.90 Å². The van der Waals surface area contributed by atoms with Gasteiger partial charge in [0.25, 0.3) is 0 Å². The Morgan fingerprint density at radius 1 is 1.08 bits per heavy atom. The minimum absolute atomic E-state index is 0.0762. The number of hydrogen-bond donors (Lipinski definition) is 1. The largest absolute Gasteiger partial charge is 0.493 e. The van der Waals surface area contributed by atoms with Gasteiger partial charge in [0.15, 0.2) is 0 Å². The summed E-state index contributed by atoms with van der Waals surface area (Å²) in [5.41, 5.74) is 2.32. The molecule has 1 saturated heterocycles. The molecule has 1 atom stereocenters. The second kappa shape index (κ2) is 8.52. The zero-order valence-electron chi connectivity index (χ0n) is 14.6. The number of benzene rings is 2. The number of nitrogens with zero attached hydrogens (tertiary/aromatic N) is 1. The Morgan fingerprint density at radius 2 is 1.85 bits per heavy atom. The number of carbonyl (C=O) groups is 2. The molecule has 136 valence electrons. The molecule has 1 N–H and O–H groups in total. The Morgan fingerprint density at radius 3 is 2.58 bits per heavy atom. The summed E-state index contributed by atoms with van der Waals surface area (Å²) in [7, 11) is 0. The molecule has 0 bridgehead atoms. The van der Waals surface area contributed by atoms with Crippen LogP contribution < -0.4 is 4.74 Å². The number of rotatable bonds is 8. The van der Waals surface area contributed by atoms with Crippen LogP contribution in [-0.2, 0) is 22.4 Å². The molecule has 26 heavy (non-hydrogen) atoms. The van der Waals surface area contributed by atoms with Gasteiger partial charge in [-0.25, -0.2) is 0 Å². The Balaban J connectivity index is 1.48. The molecule has 5 heteroatoms. The molecule has 1 heterocycles. The Labute approximate surface area is 153 Å². The van der Waals surface area contributed by atoms with E-state index >= 15 is 0 Å². The third-order valence-corrected chi connectivity index (χ3v) is 4.63. The van der Waals surface area contributed by atoms with Crippen LogP contribution >= 0.6 is 0 Å². The van der Waals surface area contributed by atoms with Gasteiger partial charge in [-0.05, 0) is 29.7 Å². The maximum absolute atomic E-state index is 11.9. The van der Waals surface area contributed by atoms with Crippen molar-refractivity contribution in [1.29, 1.82) is 0 Å². The lowest BCUT2D eigenvalue weighted by Gasteiger charge is -2.16. The van der Waals surface area contributed by atoms with Crippen LogP contribution in [0.4, 0.5) is 0 Å². The third-order valence-electron chi connectivity index (χ3n) is 4.63. The molecule has 1 unspecified atom stereocenters. The first kappa shape index (κ1) is 18.0. The molecule has 0 radical (unpaired) electrons. The second-order valence-corrected chi connectivity index (χ2v) is 6.56. The molecule has 5 nitrogen and oxygen atoms in total. The number of carbonyl (C=O) groups excluding carboxylic acids is 1. The fourth-order valence-corrected chi connectivity index (χ4v) is 3.14. The standard InChI is InChI=1S/C21H23NO4/c23-20-14-18(21(24)25)15-22(20)11-9-17-7-4-8-19(13-17)26-12-10-16-5-2-1-3-6-16/h1-8,13,18H,9-12,14-15H2,(H,24,25). The smallest absolute Gasteiger partial charge is 0.308 e. The van der Waals surface area contributed by atoms with Crippen molar-refractivity contribution in [1.82, 2.24) is 4.90 Å². The Hall–Kier alpha value is -2.82. The predicted octanol–water partition coefficient (Wildman–Crippen LogP) is 2.78. The van der Waals surface area contributed by atoms with Gasteiger partial charge in [0.2, 0.25) is 5.91 Å². The maximum Gasteiger partial charge on any atom is 0.308 e. The lowest BCUT2D eigenvalue weighted by Crippen LogP contribution is -2.28. The molecule has 0 aromatic heterocycles. The van der Waals surface area contributed by atoms with Crippen LogP contribution in [0.25, 0.3) is 0 Å². The highest BCUT2D eigenvalue weighted by atomic mass is 16.5. The van der Waals surface area contributed by atoms with Crippen LogP contribution in [0.2, 0.25) is 0 Å². The molecule has 1 amide bonds. The lowest BCUT2D eigenvalue weighted by molar-refractivity contribution is -0.141. The summed E-state index contributed by atoms with van der Waals surface area (Å²) in [4.78, 5) is 24.6. The maximum atomic E-state index is 11.9. The molecule has 3 rings (SSSR count). The van der Waals surface area contributed by atoms with E-state index < -0.39 is 11.9 Å². The van der Waals surface area contributed by atoms with E-state index in [-0.39, 0.29) is 12.3 Å². The monoisotopic (exact) mass is 353 g/mol. The summed E-state index contributed by atoms with van der Waals surface area (Å²) in [6, 6.07) is 18.1. The van der Waals surface area contributed by atoms with E-state index in [1.165, 1.54) is 5.56 Å².